The molecule has 0 saturated carbocycles. The summed E-state index contributed by atoms with van der Waals surface area (Å²) in [6, 6.07) is 29.9. The molecule has 0 radical (unpaired) electrons. The quantitative estimate of drug-likeness (QED) is 0.203. The third-order valence-corrected chi connectivity index (χ3v) is 7.74. The van der Waals surface area contributed by atoms with E-state index < -0.39 is 5.97 Å². The molecule has 5 rings (SSSR count). The van der Waals surface area contributed by atoms with Crippen LogP contribution < -0.4 is 10.1 Å². The predicted octanol–water partition coefficient (Wildman–Crippen LogP) is 8.00. The number of carboxylic acids is 1. The number of fused-ring (bicyclic) bond motifs is 1. The molecule has 1 atom stereocenters. The lowest BCUT2D eigenvalue weighted by atomic mass is 9.99. The Labute approximate surface area is 235 Å². The number of aryl methyl sites for hydroxylation is 1. The number of rotatable bonds is 9. The van der Waals surface area contributed by atoms with Crippen LogP contribution >= 0.6 is 0 Å². The Morgan fingerprint density at radius 2 is 1.73 bits per heavy atom. The van der Waals surface area contributed by atoms with E-state index in [0.29, 0.717) is 5.56 Å². The van der Waals surface area contributed by atoms with Gasteiger partial charge in [-0.05, 0) is 84.5 Å². The molecular weight excluding hydrogens is 496 g/mol. The Bertz CT molecular complexity index is 1710. The summed E-state index contributed by atoms with van der Waals surface area (Å²) < 4.78 is 7.71. The van der Waals surface area contributed by atoms with E-state index in [1.54, 1.807) is 19.2 Å². The summed E-state index contributed by atoms with van der Waals surface area (Å²) in [5.41, 5.74) is 9.79. The second kappa shape index (κ2) is 11.1. The minimum absolute atomic E-state index is 0.0798. The van der Waals surface area contributed by atoms with Crippen molar-refractivity contribution in [3.05, 3.63) is 131 Å². The summed E-state index contributed by atoms with van der Waals surface area (Å²) in [6.45, 7) is 11.5. The van der Waals surface area contributed by atoms with E-state index in [9.17, 15) is 9.90 Å². The number of aromatic nitrogens is 1. The van der Waals surface area contributed by atoms with Crippen LogP contribution in [0.1, 0.15) is 51.3 Å². The topological polar surface area (TPSA) is 63.5 Å². The van der Waals surface area contributed by atoms with E-state index in [0.717, 1.165) is 45.8 Å². The minimum Gasteiger partial charge on any atom is -0.497 e. The number of benzene rings is 4. The van der Waals surface area contributed by atoms with Gasteiger partial charge in [0.1, 0.15) is 5.75 Å². The monoisotopic (exact) mass is 530 g/mol. The summed E-state index contributed by atoms with van der Waals surface area (Å²) in [5, 5.41) is 14.3. The number of hydrogen-bond donors (Lipinski definition) is 2. The molecule has 5 heteroatoms. The molecule has 0 aliphatic rings. The summed E-state index contributed by atoms with van der Waals surface area (Å²) in [6.07, 6.45) is 0. The Kier molecular flexibility index (Phi) is 7.47. The Morgan fingerprint density at radius 1 is 0.975 bits per heavy atom. The number of nitrogens with one attached hydrogen (secondary N) is 1. The van der Waals surface area contributed by atoms with Gasteiger partial charge in [-0.25, -0.2) is 4.79 Å². The van der Waals surface area contributed by atoms with E-state index >= 15 is 0 Å². The van der Waals surface area contributed by atoms with Crippen molar-refractivity contribution in [2.45, 2.75) is 33.4 Å². The average Bonchev–Trinajstić information content (AvgIpc) is 3.21. The van der Waals surface area contributed by atoms with Crippen LogP contribution in [0.4, 0.5) is 0 Å². The molecule has 0 saturated heterocycles. The average molecular weight is 531 g/mol. The van der Waals surface area contributed by atoms with Crippen LogP contribution in [-0.4, -0.2) is 22.8 Å². The Morgan fingerprint density at radius 3 is 2.45 bits per heavy atom. The first-order chi connectivity index (χ1) is 19.3. The molecule has 202 valence electrons. The maximum absolute atomic E-state index is 11.7. The van der Waals surface area contributed by atoms with E-state index in [4.69, 9.17) is 4.74 Å². The SMILES string of the molecule is C=C(N[C@@H](C)c1cccc(OC)c1)c1ccc2c(c1)c(C)c(C)n2Cc1ccc(-c2ccccc2C(=O)O)cc1. The van der Waals surface area contributed by atoms with E-state index in [-0.39, 0.29) is 6.04 Å². The maximum Gasteiger partial charge on any atom is 0.336 e. The fourth-order valence-electron chi connectivity index (χ4n) is 5.27. The van der Waals surface area contributed by atoms with E-state index in [1.165, 1.54) is 22.2 Å². The molecule has 40 heavy (non-hydrogen) atoms. The van der Waals surface area contributed by atoms with Gasteiger partial charge < -0.3 is 19.7 Å². The second-order valence-electron chi connectivity index (χ2n) is 10.2. The summed E-state index contributed by atoms with van der Waals surface area (Å²) in [4.78, 5) is 11.7. The second-order valence-corrected chi connectivity index (χ2v) is 10.2. The third-order valence-electron chi connectivity index (χ3n) is 7.74. The van der Waals surface area contributed by atoms with Crippen LogP contribution in [0.25, 0.3) is 27.7 Å². The number of nitrogens with zero attached hydrogens (tertiary/aromatic N) is 1. The first-order valence-electron chi connectivity index (χ1n) is 13.4. The van der Waals surface area contributed by atoms with Gasteiger partial charge >= 0.3 is 5.97 Å². The van der Waals surface area contributed by atoms with Crippen molar-refractivity contribution in [2.24, 2.45) is 0 Å². The number of aromatic carboxylic acids is 1. The first kappa shape index (κ1) is 26.8. The van der Waals surface area contributed by atoms with Gasteiger partial charge in [-0.3, -0.25) is 0 Å². The molecule has 1 heterocycles. The van der Waals surface area contributed by atoms with Gasteiger partial charge in [0.05, 0.1) is 12.7 Å². The van der Waals surface area contributed by atoms with Crippen LogP contribution in [0, 0.1) is 13.8 Å². The summed E-state index contributed by atoms with van der Waals surface area (Å²) >= 11 is 0. The molecular formula is C35H34N2O3. The molecule has 0 spiro atoms. The smallest absolute Gasteiger partial charge is 0.336 e. The van der Waals surface area contributed by atoms with Crippen molar-refractivity contribution < 1.29 is 14.6 Å². The first-order valence-corrected chi connectivity index (χ1v) is 13.4. The fraction of sp³-hybridized carbons (Fsp3) is 0.171. The van der Waals surface area contributed by atoms with Crippen LogP contribution in [0.15, 0.2) is 97.6 Å². The van der Waals surface area contributed by atoms with Crippen LogP contribution in [-0.2, 0) is 6.54 Å². The van der Waals surface area contributed by atoms with Crippen molar-refractivity contribution in [3.63, 3.8) is 0 Å². The van der Waals surface area contributed by atoms with Crippen LogP contribution in [0.2, 0.25) is 0 Å². The zero-order chi connectivity index (χ0) is 28.4. The van der Waals surface area contributed by atoms with Crippen molar-refractivity contribution >= 4 is 22.6 Å². The lowest BCUT2D eigenvalue weighted by Gasteiger charge is -2.18. The third kappa shape index (κ3) is 5.23. The highest BCUT2D eigenvalue weighted by Gasteiger charge is 2.15. The molecule has 0 bridgehead atoms. The molecule has 0 aliphatic carbocycles. The van der Waals surface area contributed by atoms with E-state index in [1.807, 2.05) is 42.5 Å². The zero-order valence-corrected chi connectivity index (χ0v) is 23.4. The Balaban J connectivity index is 1.38. The van der Waals surface area contributed by atoms with Crippen LogP contribution in [0.5, 0.6) is 5.75 Å². The molecule has 4 aromatic carbocycles. The van der Waals surface area contributed by atoms with Gasteiger partial charge in [0.25, 0.3) is 0 Å². The van der Waals surface area contributed by atoms with E-state index in [2.05, 4.69) is 73.6 Å². The highest BCUT2D eigenvalue weighted by molar-refractivity contribution is 5.96. The Hall–Kier alpha value is -4.77. The largest absolute Gasteiger partial charge is 0.497 e. The summed E-state index contributed by atoms with van der Waals surface area (Å²) in [7, 11) is 1.68. The van der Waals surface area contributed by atoms with Gasteiger partial charge in [-0.15, -0.1) is 0 Å². The maximum atomic E-state index is 11.7. The molecule has 0 fully saturated rings. The number of carbonyl (C=O) groups is 1. The van der Waals surface area contributed by atoms with Gasteiger partial charge in [0.2, 0.25) is 0 Å². The molecule has 5 aromatic rings. The molecule has 1 aromatic heterocycles. The fourth-order valence-corrected chi connectivity index (χ4v) is 5.27. The lowest BCUT2D eigenvalue weighted by molar-refractivity contribution is 0.0697. The van der Waals surface area contributed by atoms with Crippen molar-refractivity contribution in [2.75, 3.05) is 7.11 Å². The number of methoxy groups -OCH3 is 1. The molecule has 2 N–H and O–H groups in total. The number of hydrogen-bond acceptors (Lipinski definition) is 3. The van der Waals surface area contributed by atoms with Crippen molar-refractivity contribution in [1.82, 2.24) is 9.88 Å². The van der Waals surface area contributed by atoms with Crippen LogP contribution in [0.3, 0.4) is 0 Å². The molecule has 0 amide bonds. The zero-order valence-electron chi connectivity index (χ0n) is 23.4. The normalized spacial score (nSPS) is 11.8. The number of carboxylic acid groups (broad SMARTS) is 1. The van der Waals surface area contributed by atoms with Gasteiger partial charge in [0, 0.05) is 34.9 Å². The highest BCUT2D eigenvalue weighted by atomic mass is 16.5. The molecule has 0 unspecified atom stereocenters. The minimum atomic E-state index is -0.920. The molecule has 5 nitrogen and oxygen atoms in total. The standard InChI is InChI=1S/C35H34N2O3/c1-22-25(4)37(21-26-13-15-27(16-14-26)31-11-6-7-12-32(31)35(38)39)34-18-17-29(20-33(22)34)24(3)36-23(2)28-9-8-10-30(19-28)40-5/h6-20,23,36H,3,21H2,1-2,4-5H3,(H,38,39)/t23-/m0/s1. The van der Waals surface area contributed by atoms with Gasteiger partial charge in [-0.2, -0.15) is 0 Å². The predicted molar refractivity (Wildman–Crippen MR) is 163 cm³/mol. The highest BCUT2D eigenvalue weighted by Crippen LogP contribution is 2.30. The molecule has 0 aliphatic heterocycles. The lowest BCUT2D eigenvalue weighted by Crippen LogP contribution is -2.16. The van der Waals surface area contributed by atoms with Crippen molar-refractivity contribution in [1.29, 1.82) is 0 Å². The van der Waals surface area contributed by atoms with Gasteiger partial charge in [-0.1, -0.05) is 67.2 Å². The number of ether oxygens (including phenoxy) is 1. The summed E-state index contributed by atoms with van der Waals surface area (Å²) in [5.74, 6) is -0.0815. The van der Waals surface area contributed by atoms with Crippen molar-refractivity contribution in [3.8, 4) is 16.9 Å². The van der Waals surface area contributed by atoms with Gasteiger partial charge in [0.15, 0.2) is 0 Å².